The van der Waals surface area contributed by atoms with Gasteiger partial charge in [-0.05, 0) is 30.3 Å². The third-order valence-electron chi connectivity index (χ3n) is 2.22. The van der Waals surface area contributed by atoms with E-state index < -0.39 is 5.91 Å². The zero-order valence-corrected chi connectivity index (χ0v) is 10.7. The molecule has 0 bridgehead atoms. The molecule has 0 atom stereocenters. The Morgan fingerprint density at radius 2 is 1.82 bits per heavy atom. The summed E-state index contributed by atoms with van der Waals surface area (Å²) >= 11 is 5.93. The molecule has 0 aliphatic carbocycles. The number of hydrogen-bond acceptors (Lipinski definition) is 3. The normalized spacial score (nSPS) is 10.2. The van der Waals surface area contributed by atoms with Crippen LogP contribution in [-0.2, 0) is 0 Å². The van der Waals surface area contributed by atoms with Crippen LogP contribution >= 0.6 is 24.4 Å². The van der Waals surface area contributed by atoms with Crippen molar-refractivity contribution >= 4 is 30.3 Å². The predicted molar refractivity (Wildman–Crippen MR) is 72.8 cm³/mol. The lowest BCUT2D eigenvalue weighted by atomic mass is 10.2. The molecule has 2 rings (SSSR count). The zero-order chi connectivity index (χ0) is 12.3. The van der Waals surface area contributed by atoms with Crippen LogP contribution in [0.2, 0.25) is 0 Å². The average Bonchev–Trinajstić information content (AvgIpc) is 2.33. The Balaban J connectivity index is 2.32. The second kappa shape index (κ2) is 5.29. The molecule has 2 aromatic rings. The summed E-state index contributed by atoms with van der Waals surface area (Å²) in [7, 11) is 0. The predicted octanol–water partition coefficient (Wildman–Crippen LogP) is 3.23. The van der Waals surface area contributed by atoms with Crippen LogP contribution in [0.15, 0.2) is 63.2 Å². The number of carbonyl (C=O) groups excluding carboxylic acids is 1. The molecular formula is C13H11NOS2. The molecule has 86 valence electrons. The van der Waals surface area contributed by atoms with Crippen molar-refractivity contribution in [3.63, 3.8) is 0 Å². The Labute approximate surface area is 110 Å². The van der Waals surface area contributed by atoms with Crippen molar-refractivity contribution in [1.29, 1.82) is 0 Å². The fourth-order valence-electron chi connectivity index (χ4n) is 1.36. The third kappa shape index (κ3) is 3.05. The molecule has 4 heteroatoms. The van der Waals surface area contributed by atoms with Crippen molar-refractivity contribution in [2.75, 3.05) is 0 Å². The maximum absolute atomic E-state index is 11.1. The van der Waals surface area contributed by atoms with Crippen LogP contribution in [0.3, 0.4) is 0 Å². The van der Waals surface area contributed by atoms with Crippen molar-refractivity contribution < 1.29 is 4.79 Å². The SMILES string of the molecule is NC(=O)c1ccc(S)c(Sc2ccccc2)c1. The van der Waals surface area contributed by atoms with Crippen LogP contribution < -0.4 is 5.73 Å². The standard InChI is InChI=1S/C13H11NOS2/c14-13(15)9-6-7-11(16)12(8-9)17-10-4-2-1-3-5-10/h1-8,16H,(H2,14,15). The van der Waals surface area contributed by atoms with E-state index in [1.165, 1.54) is 0 Å². The molecule has 0 spiro atoms. The first kappa shape index (κ1) is 12.1. The first-order chi connectivity index (χ1) is 8.16. The van der Waals surface area contributed by atoms with Crippen LogP contribution in [0.25, 0.3) is 0 Å². The van der Waals surface area contributed by atoms with Crippen LogP contribution in [0.4, 0.5) is 0 Å². The van der Waals surface area contributed by atoms with Gasteiger partial charge in [-0.3, -0.25) is 4.79 Å². The van der Waals surface area contributed by atoms with Gasteiger partial charge in [-0.25, -0.2) is 0 Å². The molecular weight excluding hydrogens is 250 g/mol. The molecule has 0 unspecified atom stereocenters. The fourth-order valence-corrected chi connectivity index (χ4v) is 2.55. The minimum absolute atomic E-state index is 0.423. The van der Waals surface area contributed by atoms with Gasteiger partial charge in [-0.1, -0.05) is 30.0 Å². The fraction of sp³-hybridized carbons (Fsp3) is 0. The van der Waals surface area contributed by atoms with Gasteiger partial charge in [-0.2, -0.15) is 0 Å². The average molecular weight is 261 g/mol. The second-order valence-electron chi connectivity index (χ2n) is 3.46. The summed E-state index contributed by atoms with van der Waals surface area (Å²) in [6.45, 7) is 0. The van der Waals surface area contributed by atoms with E-state index in [1.54, 1.807) is 30.0 Å². The molecule has 17 heavy (non-hydrogen) atoms. The van der Waals surface area contributed by atoms with Gasteiger partial charge >= 0.3 is 0 Å². The first-order valence-corrected chi connectivity index (χ1v) is 6.29. The van der Waals surface area contributed by atoms with E-state index in [9.17, 15) is 4.79 Å². The summed E-state index contributed by atoms with van der Waals surface area (Å²) in [5.74, 6) is -0.423. The van der Waals surface area contributed by atoms with E-state index >= 15 is 0 Å². The van der Waals surface area contributed by atoms with Gasteiger partial charge in [-0.15, -0.1) is 12.6 Å². The van der Waals surface area contributed by atoms with Crippen LogP contribution in [-0.4, -0.2) is 5.91 Å². The molecule has 0 aromatic heterocycles. The molecule has 2 aromatic carbocycles. The highest BCUT2D eigenvalue weighted by Gasteiger charge is 2.06. The van der Waals surface area contributed by atoms with Gasteiger partial charge in [0.1, 0.15) is 0 Å². The quantitative estimate of drug-likeness (QED) is 0.833. The van der Waals surface area contributed by atoms with E-state index in [-0.39, 0.29) is 0 Å². The van der Waals surface area contributed by atoms with Crippen LogP contribution in [0, 0.1) is 0 Å². The molecule has 0 fully saturated rings. The number of benzene rings is 2. The molecule has 2 nitrogen and oxygen atoms in total. The zero-order valence-electron chi connectivity index (χ0n) is 8.96. The number of carbonyl (C=O) groups is 1. The lowest BCUT2D eigenvalue weighted by Crippen LogP contribution is -2.10. The highest BCUT2D eigenvalue weighted by Crippen LogP contribution is 2.32. The lowest BCUT2D eigenvalue weighted by molar-refractivity contribution is 0.1000. The largest absolute Gasteiger partial charge is 0.366 e. The van der Waals surface area contributed by atoms with E-state index in [1.807, 2.05) is 30.3 Å². The molecule has 0 heterocycles. The number of rotatable bonds is 3. The van der Waals surface area contributed by atoms with E-state index in [0.717, 1.165) is 14.7 Å². The van der Waals surface area contributed by atoms with Crippen LogP contribution in [0.5, 0.6) is 0 Å². The van der Waals surface area contributed by atoms with Gasteiger partial charge in [0.05, 0.1) is 0 Å². The molecule has 0 saturated carbocycles. The minimum atomic E-state index is -0.423. The molecule has 0 aliphatic heterocycles. The highest BCUT2D eigenvalue weighted by molar-refractivity contribution is 7.99. The Kier molecular flexibility index (Phi) is 3.76. The van der Waals surface area contributed by atoms with Crippen molar-refractivity contribution in [2.24, 2.45) is 5.73 Å². The van der Waals surface area contributed by atoms with Gasteiger partial charge in [0.25, 0.3) is 0 Å². The van der Waals surface area contributed by atoms with Gasteiger partial charge in [0.2, 0.25) is 5.91 Å². The topological polar surface area (TPSA) is 43.1 Å². The Hall–Kier alpha value is -1.39. The summed E-state index contributed by atoms with van der Waals surface area (Å²) < 4.78 is 0. The number of primary amides is 1. The maximum Gasteiger partial charge on any atom is 0.248 e. The van der Waals surface area contributed by atoms with Crippen molar-refractivity contribution in [2.45, 2.75) is 14.7 Å². The lowest BCUT2D eigenvalue weighted by Gasteiger charge is -2.06. The second-order valence-corrected chi connectivity index (χ2v) is 5.06. The molecule has 2 N–H and O–H groups in total. The number of amides is 1. The summed E-state index contributed by atoms with van der Waals surface area (Å²) in [6, 6.07) is 15.2. The third-order valence-corrected chi connectivity index (χ3v) is 3.82. The van der Waals surface area contributed by atoms with Crippen molar-refractivity contribution in [3.8, 4) is 0 Å². The molecule has 0 saturated heterocycles. The summed E-state index contributed by atoms with van der Waals surface area (Å²) in [5.41, 5.74) is 5.75. The minimum Gasteiger partial charge on any atom is -0.366 e. The maximum atomic E-state index is 11.1. The van der Waals surface area contributed by atoms with Gasteiger partial charge in [0.15, 0.2) is 0 Å². The van der Waals surface area contributed by atoms with Gasteiger partial charge in [0, 0.05) is 20.2 Å². The summed E-state index contributed by atoms with van der Waals surface area (Å²) in [4.78, 5) is 14.0. The first-order valence-electron chi connectivity index (χ1n) is 5.02. The Morgan fingerprint density at radius 3 is 2.47 bits per heavy atom. The molecule has 0 aliphatic rings. The number of hydrogen-bond donors (Lipinski definition) is 2. The van der Waals surface area contributed by atoms with Crippen molar-refractivity contribution in [3.05, 3.63) is 54.1 Å². The smallest absolute Gasteiger partial charge is 0.248 e. The Morgan fingerprint density at radius 1 is 1.12 bits per heavy atom. The highest BCUT2D eigenvalue weighted by atomic mass is 32.2. The van der Waals surface area contributed by atoms with E-state index in [2.05, 4.69) is 12.6 Å². The van der Waals surface area contributed by atoms with Gasteiger partial charge < -0.3 is 5.73 Å². The summed E-state index contributed by atoms with van der Waals surface area (Å²) in [5, 5.41) is 0. The Bertz CT molecular complexity index is 540. The molecule has 1 amide bonds. The van der Waals surface area contributed by atoms with E-state index in [0.29, 0.717) is 5.56 Å². The summed E-state index contributed by atoms with van der Waals surface area (Å²) in [6.07, 6.45) is 0. The van der Waals surface area contributed by atoms with Crippen LogP contribution in [0.1, 0.15) is 10.4 Å². The van der Waals surface area contributed by atoms with Crippen molar-refractivity contribution in [1.82, 2.24) is 0 Å². The molecule has 0 radical (unpaired) electrons. The number of nitrogens with two attached hydrogens (primary N) is 1. The number of thiol groups is 1. The monoisotopic (exact) mass is 261 g/mol. The van der Waals surface area contributed by atoms with E-state index in [4.69, 9.17) is 5.73 Å².